The highest BCUT2D eigenvalue weighted by Crippen LogP contribution is 2.31. The summed E-state index contributed by atoms with van der Waals surface area (Å²) in [6, 6.07) is 0.413. The summed E-state index contributed by atoms with van der Waals surface area (Å²) in [4.78, 5) is 7.73. The number of hydrogen-bond donors (Lipinski definition) is 2. The number of fused-ring (bicyclic) bond motifs is 1. The lowest BCUT2D eigenvalue weighted by Gasteiger charge is -2.26. The van der Waals surface area contributed by atoms with E-state index in [2.05, 4.69) is 39.6 Å². The third kappa shape index (κ3) is 3.98. The SMILES string of the molecule is CCc1nc2c(cnn2CC)c(NC2CCNCC2)c1CN=[N+]=[N-].Cl. The Morgan fingerprint density at radius 3 is 2.80 bits per heavy atom. The molecule has 0 amide bonds. The molecule has 8 nitrogen and oxygen atoms in total. The van der Waals surface area contributed by atoms with E-state index >= 15 is 0 Å². The fraction of sp³-hybridized carbons (Fsp3) is 0.625. The van der Waals surface area contributed by atoms with E-state index in [9.17, 15) is 0 Å². The number of rotatable bonds is 6. The highest BCUT2D eigenvalue weighted by molar-refractivity contribution is 5.91. The van der Waals surface area contributed by atoms with Gasteiger partial charge in [-0.05, 0) is 44.8 Å². The minimum absolute atomic E-state index is 0. The average molecular weight is 365 g/mol. The van der Waals surface area contributed by atoms with Crippen LogP contribution in [0.3, 0.4) is 0 Å². The molecule has 3 rings (SSSR count). The van der Waals surface area contributed by atoms with Gasteiger partial charge in [-0.3, -0.25) is 0 Å². The molecular weight excluding hydrogens is 340 g/mol. The van der Waals surface area contributed by atoms with Gasteiger partial charge in [-0.1, -0.05) is 12.0 Å². The molecule has 136 valence electrons. The molecule has 0 spiro atoms. The second-order valence-electron chi connectivity index (χ2n) is 6.02. The second kappa shape index (κ2) is 8.89. The highest BCUT2D eigenvalue weighted by Gasteiger charge is 2.20. The quantitative estimate of drug-likeness (QED) is 0.465. The molecule has 0 aliphatic carbocycles. The minimum Gasteiger partial charge on any atom is -0.381 e. The van der Waals surface area contributed by atoms with E-state index in [1.165, 1.54) is 0 Å². The van der Waals surface area contributed by atoms with E-state index in [1.54, 1.807) is 0 Å². The van der Waals surface area contributed by atoms with Gasteiger partial charge in [0.2, 0.25) is 0 Å². The van der Waals surface area contributed by atoms with Gasteiger partial charge in [0.1, 0.15) is 0 Å². The predicted molar refractivity (Wildman–Crippen MR) is 102 cm³/mol. The molecule has 2 aromatic heterocycles. The van der Waals surface area contributed by atoms with Crippen LogP contribution in [0.1, 0.15) is 37.9 Å². The van der Waals surface area contributed by atoms with Crippen LogP contribution in [-0.4, -0.2) is 33.9 Å². The van der Waals surface area contributed by atoms with Crippen molar-refractivity contribution in [1.82, 2.24) is 20.1 Å². The third-order valence-electron chi connectivity index (χ3n) is 4.59. The van der Waals surface area contributed by atoms with Gasteiger partial charge >= 0.3 is 0 Å². The van der Waals surface area contributed by atoms with E-state index in [4.69, 9.17) is 10.5 Å². The number of nitrogens with one attached hydrogen (secondary N) is 2. The Kier molecular flexibility index (Phi) is 6.87. The predicted octanol–water partition coefficient (Wildman–Crippen LogP) is 3.41. The molecule has 0 saturated carbocycles. The van der Waals surface area contributed by atoms with E-state index < -0.39 is 0 Å². The maximum absolute atomic E-state index is 8.75. The van der Waals surface area contributed by atoms with Crippen LogP contribution in [-0.2, 0) is 19.5 Å². The van der Waals surface area contributed by atoms with Crippen molar-refractivity contribution in [3.8, 4) is 0 Å². The Labute approximate surface area is 153 Å². The molecule has 1 aliphatic rings. The van der Waals surface area contributed by atoms with Crippen molar-refractivity contribution in [3.05, 3.63) is 27.9 Å². The first-order valence-electron chi connectivity index (χ1n) is 8.63. The van der Waals surface area contributed by atoms with Crippen LogP contribution in [0, 0.1) is 0 Å². The summed E-state index contributed by atoms with van der Waals surface area (Å²) in [5.74, 6) is 0. The van der Waals surface area contributed by atoms with Crippen LogP contribution in [0.5, 0.6) is 0 Å². The van der Waals surface area contributed by atoms with Gasteiger partial charge in [-0.15, -0.1) is 12.4 Å². The topological polar surface area (TPSA) is 104 Å². The number of pyridine rings is 1. The third-order valence-corrected chi connectivity index (χ3v) is 4.59. The van der Waals surface area contributed by atoms with Crippen LogP contribution < -0.4 is 10.6 Å². The zero-order chi connectivity index (χ0) is 16.9. The maximum Gasteiger partial charge on any atom is 0.160 e. The molecule has 2 N–H and O–H groups in total. The van der Waals surface area contributed by atoms with Gasteiger partial charge in [0, 0.05) is 28.8 Å². The Balaban J connectivity index is 0.00000225. The molecule has 0 aromatic carbocycles. The molecule has 1 fully saturated rings. The number of halogens is 1. The number of aryl methyl sites for hydroxylation is 2. The van der Waals surface area contributed by atoms with E-state index in [-0.39, 0.29) is 12.4 Å². The lowest BCUT2D eigenvalue weighted by molar-refractivity contribution is 0.479. The molecule has 25 heavy (non-hydrogen) atoms. The highest BCUT2D eigenvalue weighted by atomic mass is 35.5. The summed E-state index contributed by atoms with van der Waals surface area (Å²) in [6.45, 7) is 7.27. The van der Waals surface area contributed by atoms with Crippen molar-refractivity contribution < 1.29 is 0 Å². The minimum atomic E-state index is 0. The zero-order valence-corrected chi connectivity index (χ0v) is 15.5. The summed E-state index contributed by atoms with van der Waals surface area (Å²) in [6.07, 6.45) is 4.82. The van der Waals surface area contributed by atoms with Crippen LogP contribution in [0.15, 0.2) is 11.3 Å². The number of azide groups is 1. The fourth-order valence-corrected chi connectivity index (χ4v) is 3.31. The van der Waals surface area contributed by atoms with Crippen molar-refractivity contribution in [2.75, 3.05) is 18.4 Å². The van der Waals surface area contributed by atoms with Crippen molar-refractivity contribution in [1.29, 1.82) is 0 Å². The lowest BCUT2D eigenvalue weighted by Crippen LogP contribution is -2.35. The Morgan fingerprint density at radius 2 is 2.16 bits per heavy atom. The van der Waals surface area contributed by atoms with Gasteiger partial charge in [0.05, 0.1) is 23.8 Å². The molecule has 0 unspecified atom stereocenters. The van der Waals surface area contributed by atoms with Gasteiger partial charge in [0.25, 0.3) is 0 Å². The monoisotopic (exact) mass is 364 g/mol. The molecule has 0 atom stereocenters. The lowest BCUT2D eigenvalue weighted by atomic mass is 10.0. The molecule has 9 heteroatoms. The van der Waals surface area contributed by atoms with E-state index in [0.717, 1.165) is 66.9 Å². The first kappa shape index (κ1) is 19.3. The molecule has 0 radical (unpaired) electrons. The van der Waals surface area contributed by atoms with Crippen molar-refractivity contribution in [2.45, 2.75) is 52.2 Å². The van der Waals surface area contributed by atoms with Crippen molar-refractivity contribution in [2.24, 2.45) is 5.11 Å². The maximum atomic E-state index is 8.75. The molecule has 1 saturated heterocycles. The number of hydrogen-bond acceptors (Lipinski definition) is 5. The van der Waals surface area contributed by atoms with E-state index in [0.29, 0.717) is 12.6 Å². The van der Waals surface area contributed by atoms with Crippen LogP contribution >= 0.6 is 12.4 Å². The summed E-state index contributed by atoms with van der Waals surface area (Å²) < 4.78 is 1.92. The van der Waals surface area contributed by atoms with Crippen molar-refractivity contribution >= 4 is 29.1 Å². The average Bonchev–Trinajstić information content (AvgIpc) is 3.04. The summed E-state index contributed by atoms with van der Waals surface area (Å²) >= 11 is 0. The summed E-state index contributed by atoms with van der Waals surface area (Å²) in [7, 11) is 0. The first-order valence-corrected chi connectivity index (χ1v) is 8.63. The summed E-state index contributed by atoms with van der Waals surface area (Å²) in [5, 5.41) is 16.4. The smallest absolute Gasteiger partial charge is 0.160 e. The van der Waals surface area contributed by atoms with Gasteiger partial charge in [-0.2, -0.15) is 5.10 Å². The second-order valence-corrected chi connectivity index (χ2v) is 6.02. The van der Waals surface area contributed by atoms with E-state index in [1.807, 2.05) is 10.9 Å². The van der Waals surface area contributed by atoms with Gasteiger partial charge < -0.3 is 10.6 Å². The molecule has 1 aliphatic heterocycles. The standard InChI is InChI=1S/C16H24N8.ClH/c1-3-14-12(9-19-23-17)15(21-11-5-7-18-8-6-11)13-10-20-24(4-2)16(13)22-14;/h10-11,18H,3-9H2,1-2H3,(H,21,22);1H. The fourth-order valence-electron chi connectivity index (χ4n) is 3.31. The number of anilines is 1. The molecule has 3 heterocycles. The van der Waals surface area contributed by atoms with Crippen LogP contribution in [0.25, 0.3) is 21.5 Å². The molecule has 0 bridgehead atoms. The molecule has 2 aromatic rings. The zero-order valence-electron chi connectivity index (χ0n) is 14.7. The first-order chi connectivity index (χ1) is 11.8. The number of piperidine rings is 1. The Bertz CT molecular complexity index is 759. The Hall–Kier alpha value is -2.02. The number of aromatic nitrogens is 3. The largest absolute Gasteiger partial charge is 0.381 e. The Morgan fingerprint density at radius 1 is 1.40 bits per heavy atom. The van der Waals surface area contributed by atoms with Crippen LogP contribution in [0.2, 0.25) is 0 Å². The normalized spacial score (nSPS) is 14.8. The summed E-state index contributed by atoms with van der Waals surface area (Å²) in [5.41, 5.74) is 12.7. The van der Waals surface area contributed by atoms with Gasteiger partial charge in [-0.25, -0.2) is 9.67 Å². The van der Waals surface area contributed by atoms with Gasteiger partial charge in [0.15, 0.2) is 5.65 Å². The number of nitrogens with zero attached hydrogens (tertiary/aromatic N) is 6. The van der Waals surface area contributed by atoms with Crippen LogP contribution in [0.4, 0.5) is 5.69 Å². The van der Waals surface area contributed by atoms with Crippen molar-refractivity contribution in [3.63, 3.8) is 0 Å². The molecular formula is C16H25ClN8.